The molecule has 0 aliphatic heterocycles. The fourth-order valence-corrected chi connectivity index (χ4v) is 2.25. The second kappa shape index (κ2) is 5.08. The highest BCUT2D eigenvalue weighted by Crippen LogP contribution is 2.09. The van der Waals surface area contributed by atoms with Crippen molar-refractivity contribution in [2.75, 3.05) is 0 Å². The molecule has 0 bridgehead atoms. The van der Waals surface area contributed by atoms with Gasteiger partial charge in [-0.05, 0) is 22.4 Å². The number of nitrogens with zero attached hydrogens (tertiary/aromatic N) is 6. The first-order valence-electron chi connectivity index (χ1n) is 6.13. The highest BCUT2D eigenvalue weighted by Gasteiger charge is 2.08. The molecular weight excluding hydrogens is 308 g/mol. The van der Waals surface area contributed by atoms with Crippen LogP contribution in [-0.2, 0) is 13.0 Å². The minimum Gasteiger partial charge on any atom is -0.327 e. The van der Waals surface area contributed by atoms with E-state index in [0.717, 1.165) is 29.0 Å². The molecule has 3 aromatic rings. The van der Waals surface area contributed by atoms with Crippen molar-refractivity contribution in [2.45, 2.75) is 26.3 Å². The lowest BCUT2D eigenvalue weighted by molar-refractivity contribution is 0.676. The summed E-state index contributed by atoms with van der Waals surface area (Å²) in [5.74, 6) is 2.41. The Hall–Kier alpha value is -1.76. The van der Waals surface area contributed by atoms with Crippen LogP contribution >= 0.6 is 15.9 Å². The van der Waals surface area contributed by atoms with Gasteiger partial charge in [0, 0.05) is 31.2 Å². The molecule has 3 aromatic heterocycles. The van der Waals surface area contributed by atoms with Gasteiger partial charge in [0.15, 0.2) is 5.82 Å². The Labute approximate surface area is 118 Å². The fraction of sp³-hybridized carbons (Fsp3) is 0.333. The molecule has 0 aromatic carbocycles. The molecule has 0 aliphatic rings. The maximum Gasteiger partial charge on any atom is 0.252 e. The molecule has 6 nitrogen and oxygen atoms in total. The van der Waals surface area contributed by atoms with E-state index in [1.54, 1.807) is 10.7 Å². The van der Waals surface area contributed by atoms with Crippen molar-refractivity contribution in [2.24, 2.45) is 0 Å². The molecule has 19 heavy (non-hydrogen) atoms. The first kappa shape index (κ1) is 12.3. The van der Waals surface area contributed by atoms with E-state index in [1.165, 1.54) is 0 Å². The third kappa shape index (κ3) is 2.51. The number of imidazole rings is 1. The molecule has 0 fully saturated rings. The number of rotatable bonds is 4. The topological polar surface area (TPSA) is 60.9 Å². The lowest BCUT2D eigenvalue weighted by Crippen LogP contribution is -2.05. The summed E-state index contributed by atoms with van der Waals surface area (Å²) in [4.78, 5) is 13.0. The Bertz CT molecular complexity index is 701. The van der Waals surface area contributed by atoms with Crippen molar-refractivity contribution in [1.82, 2.24) is 29.1 Å². The zero-order valence-electron chi connectivity index (χ0n) is 10.5. The summed E-state index contributed by atoms with van der Waals surface area (Å²) in [7, 11) is 0. The van der Waals surface area contributed by atoms with Gasteiger partial charge in [-0.2, -0.15) is 4.98 Å². The van der Waals surface area contributed by atoms with Gasteiger partial charge < -0.3 is 4.57 Å². The summed E-state index contributed by atoms with van der Waals surface area (Å²) in [5, 5.41) is 4.41. The summed E-state index contributed by atoms with van der Waals surface area (Å²) < 4.78 is 4.63. The number of halogens is 1. The standard InChI is InChI=1S/C12H13BrN6/c1-2-3-11-14-4-5-18(11)8-10-16-12-15-6-9(13)7-19(12)17-10/h4-7H,2-3,8H2,1H3. The lowest BCUT2D eigenvalue weighted by atomic mass is 10.3. The molecular formula is C12H13BrN6. The zero-order valence-corrected chi connectivity index (χ0v) is 12.1. The van der Waals surface area contributed by atoms with E-state index >= 15 is 0 Å². The van der Waals surface area contributed by atoms with Crippen LogP contribution in [0.3, 0.4) is 0 Å². The van der Waals surface area contributed by atoms with E-state index in [1.807, 2.05) is 18.6 Å². The van der Waals surface area contributed by atoms with Crippen LogP contribution < -0.4 is 0 Å². The number of fused-ring (bicyclic) bond motifs is 1. The summed E-state index contributed by atoms with van der Waals surface area (Å²) in [6, 6.07) is 0. The van der Waals surface area contributed by atoms with Crippen molar-refractivity contribution in [3.8, 4) is 0 Å². The normalized spacial score (nSPS) is 11.3. The molecule has 0 amide bonds. The molecule has 0 radical (unpaired) electrons. The van der Waals surface area contributed by atoms with Gasteiger partial charge in [0.25, 0.3) is 5.78 Å². The van der Waals surface area contributed by atoms with Gasteiger partial charge in [-0.1, -0.05) is 6.92 Å². The maximum atomic E-state index is 4.41. The van der Waals surface area contributed by atoms with Gasteiger partial charge in [-0.25, -0.2) is 14.5 Å². The average molecular weight is 321 g/mol. The Morgan fingerprint density at radius 3 is 3.05 bits per heavy atom. The van der Waals surface area contributed by atoms with Crippen LogP contribution in [0.5, 0.6) is 0 Å². The Kier molecular flexibility index (Phi) is 3.29. The first-order valence-corrected chi connectivity index (χ1v) is 6.92. The minimum atomic E-state index is 0.607. The van der Waals surface area contributed by atoms with Gasteiger partial charge in [0.05, 0.1) is 11.0 Å². The quantitative estimate of drug-likeness (QED) is 0.738. The molecule has 0 aliphatic carbocycles. The maximum absolute atomic E-state index is 4.41. The van der Waals surface area contributed by atoms with Gasteiger partial charge in [-0.15, -0.1) is 5.10 Å². The van der Waals surface area contributed by atoms with Crippen LogP contribution in [-0.4, -0.2) is 29.1 Å². The van der Waals surface area contributed by atoms with Crippen LogP contribution in [0.2, 0.25) is 0 Å². The summed E-state index contributed by atoms with van der Waals surface area (Å²) in [6.45, 7) is 2.76. The molecule has 7 heteroatoms. The van der Waals surface area contributed by atoms with Gasteiger partial charge in [0.2, 0.25) is 0 Å². The predicted molar refractivity (Wildman–Crippen MR) is 73.8 cm³/mol. The molecule has 3 heterocycles. The summed E-state index contributed by atoms with van der Waals surface area (Å²) in [5.41, 5.74) is 0. The van der Waals surface area contributed by atoms with Gasteiger partial charge in [-0.3, -0.25) is 0 Å². The van der Waals surface area contributed by atoms with E-state index in [0.29, 0.717) is 12.3 Å². The van der Waals surface area contributed by atoms with Crippen LogP contribution in [0.25, 0.3) is 5.78 Å². The Morgan fingerprint density at radius 1 is 1.32 bits per heavy atom. The van der Waals surface area contributed by atoms with E-state index in [4.69, 9.17) is 0 Å². The third-order valence-corrected chi connectivity index (χ3v) is 3.20. The second-order valence-corrected chi connectivity index (χ2v) is 5.18. The van der Waals surface area contributed by atoms with Crippen molar-refractivity contribution in [1.29, 1.82) is 0 Å². The molecule has 0 unspecified atom stereocenters. The van der Waals surface area contributed by atoms with E-state index in [2.05, 4.69) is 47.5 Å². The number of aryl methyl sites for hydroxylation is 1. The van der Waals surface area contributed by atoms with E-state index in [9.17, 15) is 0 Å². The van der Waals surface area contributed by atoms with Crippen LogP contribution in [0, 0.1) is 0 Å². The highest BCUT2D eigenvalue weighted by atomic mass is 79.9. The number of hydrogen-bond donors (Lipinski definition) is 0. The highest BCUT2D eigenvalue weighted by molar-refractivity contribution is 9.10. The monoisotopic (exact) mass is 320 g/mol. The largest absolute Gasteiger partial charge is 0.327 e. The third-order valence-electron chi connectivity index (χ3n) is 2.79. The molecule has 0 N–H and O–H groups in total. The second-order valence-electron chi connectivity index (χ2n) is 4.27. The number of aromatic nitrogens is 6. The molecule has 0 atom stereocenters. The zero-order chi connectivity index (χ0) is 13.2. The van der Waals surface area contributed by atoms with Crippen molar-refractivity contribution in [3.63, 3.8) is 0 Å². The summed E-state index contributed by atoms with van der Waals surface area (Å²) >= 11 is 3.37. The first-order chi connectivity index (χ1) is 9.26. The predicted octanol–water partition coefficient (Wildman–Crippen LogP) is 2.08. The molecule has 0 saturated heterocycles. The molecule has 98 valence electrons. The van der Waals surface area contributed by atoms with Crippen molar-refractivity contribution < 1.29 is 0 Å². The fourth-order valence-electron chi connectivity index (χ4n) is 1.96. The molecule has 3 rings (SSSR count). The van der Waals surface area contributed by atoms with Gasteiger partial charge >= 0.3 is 0 Å². The van der Waals surface area contributed by atoms with E-state index < -0.39 is 0 Å². The lowest BCUT2D eigenvalue weighted by Gasteiger charge is -2.03. The smallest absolute Gasteiger partial charge is 0.252 e. The van der Waals surface area contributed by atoms with Gasteiger partial charge in [0.1, 0.15) is 5.82 Å². The average Bonchev–Trinajstić information content (AvgIpc) is 2.97. The molecule has 0 saturated carbocycles. The van der Waals surface area contributed by atoms with Crippen molar-refractivity contribution in [3.05, 3.63) is 40.9 Å². The summed E-state index contributed by atoms with van der Waals surface area (Å²) in [6.07, 6.45) is 9.37. The Morgan fingerprint density at radius 2 is 2.21 bits per heavy atom. The number of hydrogen-bond acceptors (Lipinski definition) is 4. The van der Waals surface area contributed by atoms with Crippen LogP contribution in [0.4, 0.5) is 0 Å². The Balaban J connectivity index is 1.90. The van der Waals surface area contributed by atoms with Crippen LogP contribution in [0.1, 0.15) is 25.0 Å². The van der Waals surface area contributed by atoms with E-state index in [-0.39, 0.29) is 0 Å². The molecule has 0 spiro atoms. The van der Waals surface area contributed by atoms with Crippen molar-refractivity contribution >= 4 is 21.7 Å². The van der Waals surface area contributed by atoms with Crippen LogP contribution in [0.15, 0.2) is 29.3 Å². The SMILES string of the molecule is CCCc1nccn1Cc1nc2ncc(Br)cn2n1. The minimum absolute atomic E-state index is 0.607.